The number of hydrogen-bond donors (Lipinski definition) is 3. The molecule has 3 N–H and O–H groups in total. The molecular weight excluding hydrogens is 432 g/mol. The fraction of sp³-hybridized carbons (Fsp3) is 0.565. The van der Waals surface area contributed by atoms with E-state index in [1.54, 1.807) is 31.4 Å². The van der Waals surface area contributed by atoms with Gasteiger partial charge >= 0.3 is 5.97 Å². The van der Waals surface area contributed by atoms with Crippen molar-refractivity contribution >= 4 is 34.7 Å². The van der Waals surface area contributed by atoms with Crippen LogP contribution in [0.2, 0.25) is 0 Å². The van der Waals surface area contributed by atoms with E-state index >= 15 is 0 Å². The molecule has 0 heterocycles. The van der Waals surface area contributed by atoms with Crippen LogP contribution in [0.4, 0.5) is 0 Å². The SMILES string of the molecule is COc1ccc(C[C@H](NC(=O)C2(NC(=O)[C@@H](SC(C)=O)C(C)C)CCCC2)C(=O)O)cc1. The average molecular weight is 465 g/mol. The molecule has 1 saturated carbocycles. The molecule has 176 valence electrons. The number of hydrogen-bond acceptors (Lipinski definition) is 6. The Balaban J connectivity index is 2.16. The molecule has 0 unspecified atom stereocenters. The molecule has 32 heavy (non-hydrogen) atoms. The highest BCUT2D eigenvalue weighted by molar-refractivity contribution is 8.14. The lowest BCUT2D eigenvalue weighted by Crippen LogP contribution is -2.61. The van der Waals surface area contributed by atoms with E-state index < -0.39 is 28.7 Å². The van der Waals surface area contributed by atoms with Gasteiger partial charge in [0.1, 0.15) is 17.3 Å². The summed E-state index contributed by atoms with van der Waals surface area (Å²) < 4.78 is 5.11. The molecule has 9 heteroatoms. The maximum absolute atomic E-state index is 13.2. The number of carbonyl (C=O) groups excluding carboxylic acids is 3. The van der Waals surface area contributed by atoms with Crippen molar-refractivity contribution in [1.29, 1.82) is 0 Å². The Labute approximate surface area is 192 Å². The molecule has 1 aliphatic rings. The van der Waals surface area contributed by atoms with Crippen LogP contribution in [-0.4, -0.2) is 51.9 Å². The lowest BCUT2D eigenvalue weighted by atomic mass is 9.94. The Hall–Kier alpha value is -2.55. The first-order chi connectivity index (χ1) is 15.1. The van der Waals surface area contributed by atoms with E-state index in [9.17, 15) is 24.3 Å². The largest absolute Gasteiger partial charge is 0.497 e. The van der Waals surface area contributed by atoms with E-state index in [-0.39, 0.29) is 23.4 Å². The van der Waals surface area contributed by atoms with E-state index in [0.717, 1.165) is 30.2 Å². The summed E-state index contributed by atoms with van der Waals surface area (Å²) in [4.78, 5) is 49.6. The normalized spacial score (nSPS) is 16.8. The number of aliphatic carboxylic acids is 1. The Kier molecular flexibility index (Phi) is 9.12. The monoisotopic (exact) mass is 464 g/mol. The smallest absolute Gasteiger partial charge is 0.326 e. The van der Waals surface area contributed by atoms with Gasteiger partial charge in [-0.3, -0.25) is 14.4 Å². The molecule has 1 fully saturated rings. The third-order valence-electron chi connectivity index (χ3n) is 5.61. The van der Waals surface area contributed by atoms with Crippen molar-refractivity contribution in [1.82, 2.24) is 10.6 Å². The van der Waals surface area contributed by atoms with Crippen LogP contribution in [-0.2, 0) is 25.6 Å². The summed E-state index contributed by atoms with van der Waals surface area (Å²) in [6.45, 7) is 5.09. The topological polar surface area (TPSA) is 122 Å². The van der Waals surface area contributed by atoms with E-state index in [1.165, 1.54) is 6.92 Å². The molecular formula is C23H32N2O6S. The van der Waals surface area contributed by atoms with Crippen molar-refractivity contribution in [2.75, 3.05) is 7.11 Å². The number of carboxylic acid groups (broad SMARTS) is 1. The van der Waals surface area contributed by atoms with Gasteiger partial charge in [0.05, 0.1) is 12.4 Å². The van der Waals surface area contributed by atoms with Crippen LogP contribution in [0.1, 0.15) is 52.0 Å². The molecule has 0 spiro atoms. The average Bonchev–Trinajstić information content (AvgIpc) is 3.21. The molecule has 1 aromatic carbocycles. The highest BCUT2D eigenvalue weighted by Crippen LogP contribution is 2.32. The molecule has 2 atom stereocenters. The summed E-state index contributed by atoms with van der Waals surface area (Å²) in [5.74, 6) is -1.48. The molecule has 0 aromatic heterocycles. The Morgan fingerprint density at radius 2 is 1.72 bits per heavy atom. The van der Waals surface area contributed by atoms with Gasteiger partial charge in [-0.1, -0.05) is 50.6 Å². The van der Waals surface area contributed by atoms with Crippen molar-refractivity contribution in [3.05, 3.63) is 29.8 Å². The van der Waals surface area contributed by atoms with E-state index in [4.69, 9.17) is 4.74 Å². The molecule has 2 amide bonds. The lowest BCUT2D eigenvalue weighted by Gasteiger charge is -2.32. The van der Waals surface area contributed by atoms with Gasteiger partial charge in [-0.15, -0.1) is 0 Å². The standard InChI is InChI=1S/C23H32N2O6S/c1-14(2)19(32-15(3)26)20(27)25-23(11-5-6-12-23)22(30)24-18(21(28)29)13-16-7-9-17(31-4)10-8-16/h7-10,14,18-19H,5-6,11-13H2,1-4H3,(H,24,30)(H,25,27)(H,28,29)/t18-,19-/m0/s1. The molecule has 0 radical (unpaired) electrons. The maximum atomic E-state index is 13.2. The van der Waals surface area contributed by atoms with E-state index in [1.807, 2.05) is 13.8 Å². The molecule has 0 saturated heterocycles. The first-order valence-corrected chi connectivity index (χ1v) is 11.6. The second kappa shape index (κ2) is 11.4. The van der Waals surface area contributed by atoms with Gasteiger partial charge < -0.3 is 20.5 Å². The maximum Gasteiger partial charge on any atom is 0.326 e. The van der Waals surface area contributed by atoms with Crippen molar-refractivity contribution in [2.24, 2.45) is 5.92 Å². The van der Waals surface area contributed by atoms with Crippen LogP contribution in [0.5, 0.6) is 5.75 Å². The Morgan fingerprint density at radius 1 is 1.12 bits per heavy atom. The van der Waals surface area contributed by atoms with E-state index in [2.05, 4.69) is 10.6 Å². The highest BCUT2D eigenvalue weighted by Gasteiger charge is 2.45. The van der Waals surface area contributed by atoms with Gasteiger partial charge in [-0.25, -0.2) is 4.79 Å². The zero-order valence-corrected chi connectivity index (χ0v) is 19.8. The number of nitrogens with one attached hydrogen (secondary N) is 2. The number of methoxy groups -OCH3 is 1. The van der Waals surface area contributed by atoms with Crippen LogP contribution in [0.3, 0.4) is 0 Å². The van der Waals surface area contributed by atoms with Crippen molar-refractivity contribution in [3.8, 4) is 5.75 Å². The molecule has 2 rings (SSSR count). The fourth-order valence-electron chi connectivity index (χ4n) is 3.86. The van der Waals surface area contributed by atoms with E-state index in [0.29, 0.717) is 18.6 Å². The van der Waals surface area contributed by atoms with Gasteiger partial charge in [0.2, 0.25) is 11.8 Å². The van der Waals surface area contributed by atoms with Gasteiger partial charge in [0.15, 0.2) is 5.12 Å². The number of thioether (sulfide) groups is 1. The van der Waals surface area contributed by atoms with Crippen LogP contribution in [0.25, 0.3) is 0 Å². The van der Waals surface area contributed by atoms with Gasteiger partial charge in [0, 0.05) is 13.3 Å². The zero-order chi connectivity index (χ0) is 23.9. The van der Waals surface area contributed by atoms with Crippen LogP contribution >= 0.6 is 11.8 Å². The second-order valence-electron chi connectivity index (χ2n) is 8.47. The summed E-state index contributed by atoms with van der Waals surface area (Å²) >= 11 is 0.946. The molecule has 0 bridgehead atoms. The highest BCUT2D eigenvalue weighted by atomic mass is 32.2. The summed E-state index contributed by atoms with van der Waals surface area (Å²) in [7, 11) is 1.55. The first-order valence-electron chi connectivity index (χ1n) is 10.7. The number of ether oxygens (including phenoxy) is 1. The van der Waals surface area contributed by atoms with Crippen molar-refractivity contribution in [3.63, 3.8) is 0 Å². The number of carbonyl (C=O) groups is 4. The van der Waals surface area contributed by atoms with Crippen LogP contribution in [0.15, 0.2) is 24.3 Å². The fourth-order valence-corrected chi connectivity index (χ4v) is 4.66. The zero-order valence-electron chi connectivity index (χ0n) is 19.0. The molecule has 1 aliphatic carbocycles. The lowest BCUT2D eigenvalue weighted by molar-refractivity contribution is -0.143. The first kappa shape index (κ1) is 25.7. The number of rotatable bonds is 10. The predicted molar refractivity (Wildman–Crippen MR) is 123 cm³/mol. The Morgan fingerprint density at radius 3 is 2.19 bits per heavy atom. The third kappa shape index (κ3) is 6.72. The number of benzene rings is 1. The molecule has 1 aromatic rings. The van der Waals surface area contributed by atoms with Gasteiger partial charge in [-0.05, 0) is 36.5 Å². The third-order valence-corrected chi connectivity index (χ3v) is 6.96. The number of carboxylic acids is 1. The second-order valence-corrected chi connectivity index (χ2v) is 9.79. The van der Waals surface area contributed by atoms with Crippen molar-refractivity contribution in [2.45, 2.75) is 69.7 Å². The minimum absolute atomic E-state index is 0.101. The van der Waals surface area contributed by atoms with Crippen LogP contribution in [0, 0.1) is 5.92 Å². The van der Waals surface area contributed by atoms with Gasteiger partial charge in [-0.2, -0.15) is 0 Å². The summed E-state index contributed by atoms with van der Waals surface area (Å²) in [6, 6.07) is 5.82. The minimum atomic E-state index is -1.17. The summed E-state index contributed by atoms with van der Waals surface area (Å²) in [6.07, 6.45) is 2.44. The Bertz CT molecular complexity index is 833. The summed E-state index contributed by atoms with van der Waals surface area (Å²) in [5, 5.41) is 14.4. The molecule has 8 nitrogen and oxygen atoms in total. The quantitative estimate of drug-likeness (QED) is 0.486. The molecule has 0 aliphatic heterocycles. The number of amides is 2. The van der Waals surface area contributed by atoms with Crippen LogP contribution < -0.4 is 15.4 Å². The predicted octanol–water partition coefficient (Wildman–Crippen LogP) is 2.54. The summed E-state index contributed by atoms with van der Waals surface area (Å²) in [5.41, 5.74) is -0.435. The van der Waals surface area contributed by atoms with Crippen molar-refractivity contribution < 1.29 is 29.0 Å². The van der Waals surface area contributed by atoms with Gasteiger partial charge in [0.25, 0.3) is 0 Å². The minimum Gasteiger partial charge on any atom is -0.497 e.